The minimum atomic E-state index is -1.95. The largest absolute Gasteiger partial charge is 0.481 e. The molecule has 8 rings (SSSR count). The van der Waals surface area contributed by atoms with Crippen molar-refractivity contribution in [3.05, 3.63) is 144 Å². The van der Waals surface area contributed by atoms with E-state index in [0.717, 1.165) is 6.92 Å². The van der Waals surface area contributed by atoms with Gasteiger partial charge in [0.05, 0.1) is 31.8 Å². The second kappa shape index (κ2) is 43.0. The summed E-state index contributed by atoms with van der Waals surface area (Å²) in [6, 6.07) is 10.1. The molecule has 0 unspecified atom stereocenters. The number of nitrogens with two attached hydrogens (primary N) is 5. The number of aliphatic carboxylic acids is 1. The molecule has 0 saturated carbocycles. The second-order valence-electron chi connectivity index (χ2n) is 28.3. The number of aromatic amines is 4. The van der Waals surface area contributed by atoms with Crippen molar-refractivity contribution in [3.8, 4) is 0 Å². The average molecular weight is 1610 g/mol. The molecule has 0 aliphatic rings. The van der Waals surface area contributed by atoms with E-state index in [0.29, 0.717) is 91.7 Å². The Balaban J connectivity index is 0.982. The molecule has 4 heterocycles. The van der Waals surface area contributed by atoms with Crippen LogP contribution in [0, 0.1) is 0 Å². The van der Waals surface area contributed by atoms with Gasteiger partial charge in [0.25, 0.3) is 0 Å². The molecule has 38 nitrogen and oxygen atoms in total. The van der Waals surface area contributed by atoms with Crippen LogP contribution in [0.4, 0.5) is 0 Å². The Morgan fingerprint density at radius 3 is 1.06 bits per heavy atom. The van der Waals surface area contributed by atoms with Crippen LogP contribution in [-0.2, 0) is 92.8 Å². The highest BCUT2D eigenvalue weighted by molar-refractivity contribution is 6.01. The van der Waals surface area contributed by atoms with Crippen molar-refractivity contribution in [2.75, 3.05) is 26.2 Å². The first-order valence-corrected chi connectivity index (χ1v) is 37.9. The predicted molar refractivity (Wildman–Crippen MR) is 424 cm³/mol. The van der Waals surface area contributed by atoms with Gasteiger partial charge < -0.3 is 128 Å². The maximum atomic E-state index is 14.9. The van der Waals surface area contributed by atoms with Gasteiger partial charge in [-0.25, -0.2) is 0 Å². The molecular weight excluding hydrogens is 1500 g/mol. The predicted octanol–water partition coefficient (Wildman–Crippen LogP) is -3.59. The number of carboxylic acids is 1. The quantitative estimate of drug-likeness (QED) is 0.0164. The maximum absolute atomic E-state index is 14.9. The topological polar surface area (TPSA) is 645 Å². The number of unbranched alkanes of at least 4 members (excludes halogenated alkanes) is 2. The number of carboxylic acid groups (broad SMARTS) is 1. The lowest BCUT2D eigenvalue weighted by Crippen LogP contribution is -2.62. The third-order valence-corrected chi connectivity index (χ3v) is 19.5. The van der Waals surface area contributed by atoms with Crippen LogP contribution in [0.1, 0.15) is 93.9 Å². The fourth-order valence-corrected chi connectivity index (χ4v) is 13.2. The standard InChI is InChI=1S/C78H102N20O18/c1-40(100)66(97-75(113)60(92-69(107)50(81)39-99)31-44-36-86-53-21-9-5-17-48(44)53)78(116)96-59(30-43-35-85-52-20-8-4-16-47(43)52)74(112)91-57(25-26-65(104)105)72(110)94-62(33-63(82)102)70(108)88-38-64(103)89-56(24-12-14-28-80)71(109)93-61(32-45-37-87-54-22-10-6-18-49(45)54)76(114)98-67(41(2)101)77(115)95-58(29-42-34-84-51-19-7-3-15-46(42)51)73(111)90-55(68(83)106)23-11-13-27-79/h3-10,15-22,34-37,40-41,50,55-62,66-67,84-87,99-101H,11-14,23-33,38-39,79-81H2,1-2H3,(H2,82,102)(H2,83,106)(H,88,108)(H,89,103)(H,90,111)(H,91,112)(H,92,107)(H,93,109)(H,94,110)(H,95,115)(H,96,116)(H,97,113)(H,98,114)(H,104,105)/t40-,41-,50+,55+,56+,57+,58+,59+,60+,61+,62+,66+,67+/m1/s1. The van der Waals surface area contributed by atoms with E-state index in [-0.39, 0.29) is 51.5 Å². The van der Waals surface area contributed by atoms with Gasteiger partial charge in [-0.3, -0.25) is 67.1 Å². The zero-order chi connectivity index (χ0) is 84.3. The van der Waals surface area contributed by atoms with Gasteiger partial charge in [0, 0.05) is 101 Å². The van der Waals surface area contributed by atoms with Crippen LogP contribution < -0.4 is 87.2 Å². The first kappa shape index (κ1) is 88.9. The van der Waals surface area contributed by atoms with Crippen LogP contribution >= 0.6 is 0 Å². The number of aromatic nitrogens is 4. The Bertz CT molecular complexity index is 4800. The summed E-state index contributed by atoms with van der Waals surface area (Å²) in [5, 5.41) is 71.9. The van der Waals surface area contributed by atoms with Gasteiger partial charge in [0.2, 0.25) is 76.8 Å². The molecule has 13 amide bonds. The average Bonchev–Trinajstić information content (AvgIpc) is 1.68. The molecule has 4 aromatic carbocycles. The van der Waals surface area contributed by atoms with Crippen molar-refractivity contribution in [1.82, 2.24) is 78.4 Å². The molecule has 0 spiro atoms. The van der Waals surface area contributed by atoms with Crippen LogP contribution in [0.2, 0.25) is 0 Å². The number of para-hydroxylation sites is 4. The van der Waals surface area contributed by atoms with E-state index >= 15 is 0 Å². The summed E-state index contributed by atoms with van der Waals surface area (Å²) in [7, 11) is 0. The summed E-state index contributed by atoms with van der Waals surface area (Å²) < 4.78 is 0. The van der Waals surface area contributed by atoms with Crippen molar-refractivity contribution in [1.29, 1.82) is 0 Å². The molecule has 0 radical (unpaired) electrons. The summed E-state index contributed by atoms with van der Waals surface area (Å²) in [5.41, 5.74) is 33.3. The van der Waals surface area contributed by atoms with Crippen LogP contribution in [0.25, 0.3) is 43.6 Å². The van der Waals surface area contributed by atoms with Gasteiger partial charge in [0.1, 0.15) is 66.5 Å². The molecule has 13 atom stereocenters. The Labute approximate surface area is 664 Å². The van der Waals surface area contributed by atoms with E-state index in [1.807, 2.05) is 0 Å². The molecule has 29 N–H and O–H groups in total. The maximum Gasteiger partial charge on any atom is 0.303 e. The highest BCUT2D eigenvalue weighted by Gasteiger charge is 2.39. The zero-order valence-corrected chi connectivity index (χ0v) is 64.0. The summed E-state index contributed by atoms with van der Waals surface area (Å²) in [4.78, 5) is 208. The van der Waals surface area contributed by atoms with Gasteiger partial charge in [-0.15, -0.1) is 0 Å². The minimum Gasteiger partial charge on any atom is -0.481 e. The molecule has 0 aliphatic heterocycles. The SMILES string of the molecule is C[C@@H](O)[C@H](NC(=O)[C@H](Cc1c[nH]c2ccccc12)NC(=O)[C@H](CCCCN)NC(=O)CNC(=O)[C@H](CC(N)=O)NC(=O)[C@H](CCC(=O)O)NC(=O)[C@H](Cc1c[nH]c2ccccc12)NC(=O)[C@@H](NC(=O)[C@H](Cc1c[nH]c2ccccc12)NC(=O)[C@@H](N)CO)[C@@H](C)O)C(=O)N[C@@H](Cc1c[nH]c2ccccc12)C(=O)N[C@@H](CCCCN)C(N)=O. The lowest BCUT2D eigenvalue weighted by atomic mass is 10.0. The van der Waals surface area contributed by atoms with E-state index in [9.17, 15) is 87.5 Å². The van der Waals surface area contributed by atoms with Crippen molar-refractivity contribution in [2.45, 2.75) is 176 Å². The van der Waals surface area contributed by atoms with Crippen molar-refractivity contribution >= 4 is 126 Å². The molecule has 0 bridgehead atoms. The number of carbonyl (C=O) groups excluding carboxylic acids is 13. The van der Waals surface area contributed by atoms with E-state index in [1.165, 1.54) is 13.1 Å². The Morgan fingerprint density at radius 1 is 0.388 bits per heavy atom. The van der Waals surface area contributed by atoms with Gasteiger partial charge in [-0.2, -0.15) is 0 Å². The number of amides is 13. The number of rotatable bonds is 47. The fraction of sp³-hybridized carbons (Fsp3) is 0.410. The highest BCUT2D eigenvalue weighted by Crippen LogP contribution is 2.25. The minimum absolute atomic E-state index is 0.128. The molecule has 38 heteroatoms. The number of aliphatic hydroxyl groups is 3. The van der Waals surface area contributed by atoms with Crippen molar-refractivity contribution in [3.63, 3.8) is 0 Å². The third kappa shape index (κ3) is 25.2. The number of aliphatic hydroxyl groups excluding tert-OH is 3. The molecular formula is C78H102N20O18. The smallest absolute Gasteiger partial charge is 0.303 e. The normalized spacial score (nSPS) is 14.8. The van der Waals surface area contributed by atoms with Gasteiger partial charge in [0.15, 0.2) is 0 Å². The number of H-pyrrole nitrogens is 4. The number of fused-ring (bicyclic) bond motifs is 4. The van der Waals surface area contributed by atoms with E-state index in [4.69, 9.17) is 28.7 Å². The molecule has 8 aromatic rings. The summed E-state index contributed by atoms with van der Waals surface area (Å²) in [6.07, 6.45) is 0.992. The number of hydrogen-bond donors (Lipinski definition) is 24. The van der Waals surface area contributed by atoms with Gasteiger partial charge in [-0.05, 0) is 118 Å². The number of nitrogens with one attached hydrogen (secondary N) is 15. The van der Waals surface area contributed by atoms with Crippen molar-refractivity contribution in [2.24, 2.45) is 28.7 Å². The molecule has 0 aliphatic carbocycles. The fourth-order valence-electron chi connectivity index (χ4n) is 13.2. The number of hydrogen-bond acceptors (Lipinski definition) is 20. The first-order chi connectivity index (χ1) is 55.5. The summed E-state index contributed by atoms with van der Waals surface area (Å²) in [5.74, 6) is -15.2. The van der Waals surface area contributed by atoms with E-state index < -0.39 is 194 Å². The number of benzene rings is 4. The summed E-state index contributed by atoms with van der Waals surface area (Å²) in [6.45, 7) is 1.04. The van der Waals surface area contributed by atoms with E-state index in [1.54, 1.807) is 116 Å². The Kier molecular flexibility index (Phi) is 33.0. The monoisotopic (exact) mass is 1610 g/mol. The zero-order valence-electron chi connectivity index (χ0n) is 64.0. The second-order valence-corrected chi connectivity index (χ2v) is 28.3. The number of primary amides is 2. The third-order valence-electron chi connectivity index (χ3n) is 19.5. The lowest BCUT2D eigenvalue weighted by Gasteiger charge is -2.28. The van der Waals surface area contributed by atoms with Gasteiger partial charge in [-0.1, -0.05) is 72.8 Å². The lowest BCUT2D eigenvalue weighted by molar-refractivity contribution is -0.139. The summed E-state index contributed by atoms with van der Waals surface area (Å²) >= 11 is 0. The molecule has 0 saturated heterocycles. The van der Waals surface area contributed by atoms with Crippen LogP contribution in [0.5, 0.6) is 0 Å². The van der Waals surface area contributed by atoms with Crippen LogP contribution in [-0.4, -0.2) is 228 Å². The van der Waals surface area contributed by atoms with E-state index in [2.05, 4.69) is 78.4 Å². The van der Waals surface area contributed by atoms with Crippen LogP contribution in [0.15, 0.2) is 122 Å². The molecule has 622 valence electrons. The molecule has 116 heavy (non-hydrogen) atoms. The van der Waals surface area contributed by atoms with Crippen LogP contribution in [0.3, 0.4) is 0 Å². The Morgan fingerprint density at radius 2 is 0.707 bits per heavy atom. The van der Waals surface area contributed by atoms with Gasteiger partial charge >= 0.3 is 5.97 Å². The highest BCUT2D eigenvalue weighted by atomic mass is 16.4. The Hall–Kier alpha value is -12.6. The molecule has 0 fully saturated rings. The first-order valence-electron chi connectivity index (χ1n) is 37.9. The molecule has 4 aromatic heterocycles. The number of carbonyl (C=O) groups is 14. The van der Waals surface area contributed by atoms with Crippen molar-refractivity contribution < 1.29 is 87.5 Å².